The molecule has 7 nitrogen and oxygen atoms in total. The zero-order chi connectivity index (χ0) is 21.0. The number of ether oxygens (including phenoxy) is 2. The van der Waals surface area contributed by atoms with Crippen molar-refractivity contribution in [3.63, 3.8) is 0 Å². The first-order chi connectivity index (χ1) is 13.9. The molecule has 1 N–H and O–H groups in total. The van der Waals surface area contributed by atoms with Crippen molar-refractivity contribution >= 4 is 5.91 Å². The normalized spacial score (nSPS) is 15.3. The van der Waals surface area contributed by atoms with Gasteiger partial charge >= 0.3 is 0 Å². The van der Waals surface area contributed by atoms with E-state index < -0.39 is 0 Å². The highest BCUT2D eigenvalue weighted by molar-refractivity contribution is 5.93. The number of benzene rings is 1. The quantitative estimate of drug-likeness (QED) is 0.773. The number of amides is 1. The van der Waals surface area contributed by atoms with Crippen molar-refractivity contribution in [1.29, 1.82) is 0 Å². The molecule has 0 bridgehead atoms. The summed E-state index contributed by atoms with van der Waals surface area (Å²) in [4.78, 5) is 19.7. The third kappa shape index (κ3) is 4.72. The van der Waals surface area contributed by atoms with Crippen LogP contribution in [-0.4, -0.2) is 54.2 Å². The van der Waals surface area contributed by atoms with Crippen LogP contribution in [0.1, 0.15) is 53.4 Å². The lowest BCUT2D eigenvalue weighted by Crippen LogP contribution is -2.32. The Balaban J connectivity index is 1.70. The number of carbonyl (C=O) groups is 1. The maximum atomic E-state index is 12.8. The van der Waals surface area contributed by atoms with Crippen molar-refractivity contribution in [1.82, 2.24) is 19.8 Å². The second-order valence-electron chi connectivity index (χ2n) is 7.60. The van der Waals surface area contributed by atoms with Crippen LogP contribution >= 0.6 is 0 Å². The van der Waals surface area contributed by atoms with Crippen molar-refractivity contribution in [3.05, 3.63) is 41.0 Å². The Bertz CT molecular complexity index is 854. The van der Waals surface area contributed by atoms with E-state index in [9.17, 15) is 4.79 Å². The van der Waals surface area contributed by atoms with Gasteiger partial charge in [-0.25, -0.2) is 4.98 Å². The number of hydrogen-bond donors (Lipinski definition) is 1. The van der Waals surface area contributed by atoms with Crippen LogP contribution in [-0.2, 0) is 6.54 Å². The molecule has 1 aromatic heterocycles. The molecule has 2 aromatic rings. The molecule has 1 aromatic carbocycles. The van der Waals surface area contributed by atoms with Gasteiger partial charge in [0.15, 0.2) is 11.5 Å². The van der Waals surface area contributed by atoms with Gasteiger partial charge in [-0.1, -0.05) is 6.07 Å². The first-order valence-electron chi connectivity index (χ1n) is 10.3. The summed E-state index contributed by atoms with van der Waals surface area (Å²) in [6.07, 6.45) is 2.17. The Labute approximate surface area is 173 Å². The van der Waals surface area contributed by atoms with Gasteiger partial charge in [0.25, 0.3) is 5.91 Å². The molecule has 0 radical (unpaired) electrons. The summed E-state index contributed by atoms with van der Waals surface area (Å²) in [5, 5.41) is 2.99. The molecule has 29 heavy (non-hydrogen) atoms. The van der Waals surface area contributed by atoms with Crippen molar-refractivity contribution in [2.45, 2.75) is 46.2 Å². The highest BCUT2D eigenvalue weighted by atomic mass is 16.5. The molecule has 0 unspecified atom stereocenters. The summed E-state index contributed by atoms with van der Waals surface area (Å²) < 4.78 is 13.2. The summed E-state index contributed by atoms with van der Waals surface area (Å²) in [6.45, 7) is 9.01. The van der Waals surface area contributed by atoms with Gasteiger partial charge in [-0.3, -0.25) is 4.79 Å². The first kappa shape index (κ1) is 21.2. The summed E-state index contributed by atoms with van der Waals surface area (Å²) >= 11 is 0. The molecule has 7 heteroatoms. The Morgan fingerprint density at radius 3 is 2.62 bits per heavy atom. The lowest BCUT2D eigenvalue weighted by atomic mass is 10.0. The highest BCUT2D eigenvalue weighted by Crippen LogP contribution is 2.28. The molecule has 2 heterocycles. The fourth-order valence-corrected chi connectivity index (χ4v) is 4.03. The number of methoxy groups -OCH3 is 1. The van der Waals surface area contributed by atoms with Gasteiger partial charge in [-0.15, -0.1) is 0 Å². The second kappa shape index (κ2) is 9.31. The Kier molecular flexibility index (Phi) is 6.79. The predicted octanol–water partition coefficient (Wildman–Crippen LogP) is 3.10. The van der Waals surface area contributed by atoms with Gasteiger partial charge in [0.2, 0.25) is 0 Å². The van der Waals surface area contributed by atoms with E-state index in [-0.39, 0.29) is 5.91 Å². The summed E-state index contributed by atoms with van der Waals surface area (Å²) in [5.41, 5.74) is 2.41. The number of carbonyl (C=O) groups excluding carboxylic acids is 1. The van der Waals surface area contributed by atoms with Gasteiger partial charge in [-0.05, 0) is 71.4 Å². The lowest BCUT2D eigenvalue weighted by Gasteiger charge is -2.31. The summed E-state index contributed by atoms with van der Waals surface area (Å²) in [5.74, 6) is 2.13. The third-order valence-electron chi connectivity index (χ3n) is 5.58. The molecule has 1 aliphatic heterocycles. The van der Waals surface area contributed by atoms with Crippen molar-refractivity contribution in [3.8, 4) is 11.5 Å². The number of hydrogen-bond acceptors (Lipinski definition) is 5. The fourth-order valence-electron chi connectivity index (χ4n) is 4.03. The average Bonchev–Trinajstić information content (AvgIpc) is 3.01. The largest absolute Gasteiger partial charge is 0.493 e. The second-order valence-corrected chi connectivity index (χ2v) is 7.60. The molecular formula is C22H32N4O3. The van der Waals surface area contributed by atoms with Crippen LogP contribution in [0.3, 0.4) is 0 Å². The molecule has 0 spiro atoms. The molecule has 0 aliphatic carbocycles. The van der Waals surface area contributed by atoms with Crippen molar-refractivity contribution in [2.75, 3.05) is 33.9 Å². The van der Waals surface area contributed by atoms with E-state index >= 15 is 0 Å². The van der Waals surface area contributed by atoms with E-state index in [0.29, 0.717) is 36.4 Å². The molecule has 1 amide bonds. The van der Waals surface area contributed by atoms with Gasteiger partial charge in [0.1, 0.15) is 11.5 Å². The number of aromatic nitrogens is 2. The number of imidazole rings is 1. The topological polar surface area (TPSA) is 68.6 Å². The number of nitrogens with zero attached hydrogens (tertiary/aromatic N) is 3. The van der Waals surface area contributed by atoms with Crippen LogP contribution in [0.4, 0.5) is 0 Å². The van der Waals surface area contributed by atoms with Crippen LogP contribution in [0, 0.1) is 13.8 Å². The maximum absolute atomic E-state index is 12.8. The minimum absolute atomic E-state index is 0.147. The van der Waals surface area contributed by atoms with Crippen LogP contribution < -0.4 is 14.8 Å². The molecular weight excluding hydrogens is 368 g/mol. The first-order valence-corrected chi connectivity index (χ1v) is 10.3. The number of aryl methyl sites for hydroxylation is 1. The van der Waals surface area contributed by atoms with Gasteiger partial charge in [0.05, 0.1) is 13.7 Å². The van der Waals surface area contributed by atoms with Crippen LogP contribution in [0.2, 0.25) is 0 Å². The maximum Gasteiger partial charge on any atom is 0.272 e. The number of likely N-dealkylation sites (tertiary alicyclic amines) is 1. The van der Waals surface area contributed by atoms with E-state index in [2.05, 4.69) is 26.8 Å². The van der Waals surface area contributed by atoms with Gasteiger partial charge < -0.3 is 24.3 Å². The molecule has 1 fully saturated rings. The van der Waals surface area contributed by atoms with E-state index in [0.717, 1.165) is 43.0 Å². The standard InChI is InChI=1S/C22H32N4O3/c1-6-29-20-13-17(7-8-19(20)28-5)14-23-22(27)21-15(2)26(16(3)24-21)18-9-11-25(4)12-10-18/h7-8,13,18H,6,9-12,14H2,1-5H3,(H,23,27). The Hall–Kier alpha value is -2.54. The lowest BCUT2D eigenvalue weighted by molar-refractivity contribution is 0.0945. The SMILES string of the molecule is CCOc1cc(CNC(=O)c2nc(C)n(C3CCN(C)CC3)c2C)ccc1OC. The zero-order valence-electron chi connectivity index (χ0n) is 18.1. The van der Waals surface area contributed by atoms with E-state index in [1.165, 1.54) is 0 Å². The number of rotatable bonds is 7. The molecule has 0 saturated carbocycles. The van der Waals surface area contributed by atoms with Crippen LogP contribution in [0.25, 0.3) is 0 Å². The number of piperidine rings is 1. The minimum atomic E-state index is -0.147. The Morgan fingerprint density at radius 1 is 1.24 bits per heavy atom. The van der Waals surface area contributed by atoms with E-state index in [1.807, 2.05) is 39.0 Å². The number of nitrogens with one attached hydrogen (secondary N) is 1. The van der Waals surface area contributed by atoms with Crippen LogP contribution in [0.15, 0.2) is 18.2 Å². The molecule has 1 saturated heterocycles. The third-order valence-corrected chi connectivity index (χ3v) is 5.58. The molecule has 1 aliphatic rings. The summed E-state index contributed by atoms with van der Waals surface area (Å²) in [6, 6.07) is 6.10. The Morgan fingerprint density at radius 2 is 1.97 bits per heavy atom. The van der Waals surface area contributed by atoms with Crippen LogP contribution in [0.5, 0.6) is 11.5 Å². The van der Waals surface area contributed by atoms with Crippen molar-refractivity contribution in [2.24, 2.45) is 0 Å². The fraction of sp³-hybridized carbons (Fsp3) is 0.545. The smallest absolute Gasteiger partial charge is 0.272 e. The summed E-state index contributed by atoms with van der Waals surface area (Å²) in [7, 11) is 3.77. The molecule has 158 valence electrons. The minimum Gasteiger partial charge on any atom is -0.493 e. The van der Waals surface area contributed by atoms with Gasteiger partial charge in [-0.2, -0.15) is 0 Å². The van der Waals surface area contributed by atoms with E-state index in [1.54, 1.807) is 7.11 Å². The molecule has 0 atom stereocenters. The predicted molar refractivity (Wildman–Crippen MR) is 113 cm³/mol. The highest BCUT2D eigenvalue weighted by Gasteiger charge is 2.25. The van der Waals surface area contributed by atoms with Crippen molar-refractivity contribution < 1.29 is 14.3 Å². The molecule has 3 rings (SSSR count). The average molecular weight is 401 g/mol. The monoisotopic (exact) mass is 400 g/mol. The van der Waals surface area contributed by atoms with Gasteiger partial charge in [0, 0.05) is 18.3 Å². The zero-order valence-corrected chi connectivity index (χ0v) is 18.1. The van der Waals surface area contributed by atoms with E-state index in [4.69, 9.17) is 9.47 Å².